The van der Waals surface area contributed by atoms with Crippen molar-refractivity contribution >= 4 is 0 Å². The third-order valence-corrected chi connectivity index (χ3v) is 0.626. The lowest BCUT2D eigenvalue weighted by Gasteiger charge is -1.92. The minimum absolute atomic E-state index is 0.0590. The monoisotopic (exact) mass is 109 g/mol. The molecule has 2 N–H and O–H groups in total. The molecule has 0 aromatic heterocycles. The van der Waals surface area contributed by atoms with Crippen molar-refractivity contribution in [1.82, 2.24) is 0 Å². The lowest BCUT2D eigenvalue weighted by molar-refractivity contribution is 0.135. The van der Waals surface area contributed by atoms with Crippen LogP contribution in [0.2, 0.25) is 0 Å². The number of alkyl halides is 2. The SMILES string of the molecule is NCCCC(F)F. The van der Waals surface area contributed by atoms with Gasteiger partial charge in [0.1, 0.15) is 0 Å². The Balaban J connectivity index is 2.68. The van der Waals surface area contributed by atoms with Crippen molar-refractivity contribution in [3.63, 3.8) is 0 Å². The van der Waals surface area contributed by atoms with Crippen LogP contribution >= 0.6 is 0 Å². The molecule has 7 heavy (non-hydrogen) atoms. The number of hydrogen-bond acceptors (Lipinski definition) is 1. The summed E-state index contributed by atoms with van der Waals surface area (Å²) in [6, 6.07) is 0. The van der Waals surface area contributed by atoms with Crippen LogP contribution in [0.1, 0.15) is 12.8 Å². The van der Waals surface area contributed by atoms with E-state index < -0.39 is 6.43 Å². The maximum atomic E-state index is 11.2. The van der Waals surface area contributed by atoms with Gasteiger partial charge in [0.05, 0.1) is 0 Å². The molecule has 1 nitrogen and oxygen atoms in total. The summed E-state index contributed by atoms with van der Waals surface area (Å²) in [6.07, 6.45) is -1.81. The Hall–Kier alpha value is -0.180. The Morgan fingerprint density at radius 1 is 1.43 bits per heavy atom. The quantitative estimate of drug-likeness (QED) is 0.574. The van der Waals surface area contributed by atoms with E-state index in [4.69, 9.17) is 5.73 Å². The highest BCUT2D eigenvalue weighted by Crippen LogP contribution is 1.99. The minimum Gasteiger partial charge on any atom is -0.330 e. The van der Waals surface area contributed by atoms with Gasteiger partial charge in [-0.15, -0.1) is 0 Å². The predicted molar refractivity (Wildman–Crippen MR) is 24.3 cm³/mol. The van der Waals surface area contributed by atoms with Crippen molar-refractivity contribution in [3.8, 4) is 0 Å². The number of halogens is 2. The van der Waals surface area contributed by atoms with Crippen LogP contribution < -0.4 is 5.73 Å². The largest absolute Gasteiger partial charge is 0.330 e. The molecule has 44 valence electrons. The van der Waals surface area contributed by atoms with Crippen LogP contribution in [0.25, 0.3) is 0 Å². The summed E-state index contributed by atoms with van der Waals surface area (Å²) < 4.78 is 22.3. The molecule has 0 saturated carbocycles. The second-order valence-electron chi connectivity index (χ2n) is 1.32. The average molecular weight is 109 g/mol. The summed E-state index contributed by atoms with van der Waals surface area (Å²) in [5.74, 6) is 0. The minimum atomic E-state index is -2.18. The van der Waals surface area contributed by atoms with Gasteiger partial charge in [-0.2, -0.15) is 0 Å². The fourth-order valence-electron chi connectivity index (χ4n) is 0.272. The fraction of sp³-hybridized carbons (Fsp3) is 1.00. The van der Waals surface area contributed by atoms with Gasteiger partial charge in [0.15, 0.2) is 0 Å². The molecular weight excluding hydrogens is 100 g/mol. The first-order valence-electron chi connectivity index (χ1n) is 2.25. The zero-order valence-corrected chi connectivity index (χ0v) is 4.03. The van der Waals surface area contributed by atoms with Gasteiger partial charge in [-0.3, -0.25) is 0 Å². The summed E-state index contributed by atoms with van der Waals surface area (Å²) in [4.78, 5) is 0. The second kappa shape index (κ2) is 3.99. The first kappa shape index (κ1) is 6.82. The van der Waals surface area contributed by atoms with Gasteiger partial charge >= 0.3 is 0 Å². The number of nitrogens with two attached hydrogens (primary N) is 1. The highest BCUT2D eigenvalue weighted by Gasteiger charge is 1.97. The Morgan fingerprint density at radius 3 is 2.14 bits per heavy atom. The number of rotatable bonds is 3. The van der Waals surface area contributed by atoms with Gasteiger partial charge in [-0.05, 0) is 13.0 Å². The first-order chi connectivity index (χ1) is 3.27. The molecule has 3 heteroatoms. The molecule has 0 aliphatic carbocycles. The Bertz CT molecular complexity index is 38.7. The van der Waals surface area contributed by atoms with E-state index in [0.29, 0.717) is 13.0 Å². The van der Waals surface area contributed by atoms with E-state index in [2.05, 4.69) is 0 Å². The van der Waals surface area contributed by atoms with E-state index in [1.54, 1.807) is 0 Å². The van der Waals surface area contributed by atoms with E-state index in [9.17, 15) is 8.78 Å². The van der Waals surface area contributed by atoms with Gasteiger partial charge in [0.2, 0.25) is 6.43 Å². The van der Waals surface area contributed by atoms with Gasteiger partial charge in [-0.1, -0.05) is 0 Å². The molecule has 0 radical (unpaired) electrons. The summed E-state index contributed by atoms with van der Waals surface area (Å²) >= 11 is 0. The molecular formula is C4H9F2N. The second-order valence-corrected chi connectivity index (χ2v) is 1.32. The molecule has 0 aromatic rings. The Morgan fingerprint density at radius 2 is 2.00 bits per heavy atom. The normalized spacial score (nSPS) is 10.3. The van der Waals surface area contributed by atoms with Gasteiger partial charge in [0.25, 0.3) is 0 Å². The highest BCUT2D eigenvalue weighted by atomic mass is 19.3. The van der Waals surface area contributed by atoms with Crippen molar-refractivity contribution in [3.05, 3.63) is 0 Å². The topological polar surface area (TPSA) is 26.0 Å². The highest BCUT2D eigenvalue weighted by molar-refractivity contribution is 4.40. The van der Waals surface area contributed by atoms with E-state index in [1.165, 1.54) is 0 Å². The Labute approximate surface area is 41.5 Å². The molecule has 0 aromatic carbocycles. The van der Waals surface area contributed by atoms with Crippen LogP contribution in [0.5, 0.6) is 0 Å². The zero-order chi connectivity index (χ0) is 5.70. The summed E-state index contributed by atoms with van der Waals surface area (Å²) in [6.45, 7) is 0.365. The molecule has 0 fully saturated rings. The number of hydrogen-bond donors (Lipinski definition) is 1. The van der Waals surface area contributed by atoms with Crippen LogP contribution in [0, 0.1) is 0 Å². The third-order valence-electron chi connectivity index (χ3n) is 0.626. The van der Waals surface area contributed by atoms with Gasteiger partial charge in [-0.25, -0.2) is 8.78 Å². The standard InChI is InChI=1S/C4H9F2N/c5-4(6)2-1-3-7/h4H,1-3,7H2. The van der Waals surface area contributed by atoms with E-state index in [0.717, 1.165) is 0 Å². The first-order valence-corrected chi connectivity index (χ1v) is 2.25. The maximum Gasteiger partial charge on any atom is 0.238 e. The molecule has 0 saturated heterocycles. The van der Waals surface area contributed by atoms with Gasteiger partial charge < -0.3 is 5.73 Å². The van der Waals surface area contributed by atoms with Crippen molar-refractivity contribution < 1.29 is 8.78 Å². The smallest absolute Gasteiger partial charge is 0.238 e. The summed E-state index contributed by atoms with van der Waals surface area (Å²) in [5, 5.41) is 0. The molecule has 0 aliphatic rings. The van der Waals surface area contributed by atoms with Gasteiger partial charge in [0, 0.05) is 6.42 Å². The molecule has 0 amide bonds. The zero-order valence-electron chi connectivity index (χ0n) is 4.03. The molecule has 0 heterocycles. The average Bonchev–Trinajstić information content (AvgIpc) is 1.61. The summed E-state index contributed by atoms with van der Waals surface area (Å²) in [7, 11) is 0. The predicted octanol–water partition coefficient (Wildman–Crippen LogP) is 0.990. The van der Waals surface area contributed by atoms with Crippen molar-refractivity contribution in [2.24, 2.45) is 5.73 Å². The fourth-order valence-corrected chi connectivity index (χ4v) is 0.272. The van der Waals surface area contributed by atoms with Crippen LogP contribution in [0.15, 0.2) is 0 Å². The molecule has 0 atom stereocenters. The van der Waals surface area contributed by atoms with Crippen LogP contribution in [0.3, 0.4) is 0 Å². The van der Waals surface area contributed by atoms with Crippen molar-refractivity contribution in [2.45, 2.75) is 19.3 Å². The maximum absolute atomic E-state index is 11.2. The molecule has 0 rings (SSSR count). The van der Waals surface area contributed by atoms with Crippen LogP contribution in [-0.4, -0.2) is 13.0 Å². The van der Waals surface area contributed by atoms with E-state index in [-0.39, 0.29) is 6.42 Å². The van der Waals surface area contributed by atoms with E-state index in [1.807, 2.05) is 0 Å². The molecule has 0 spiro atoms. The third kappa shape index (κ3) is 5.82. The molecule has 0 unspecified atom stereocenters. The molecule has 0 bridgehead atoms. The summed E-state index contributed by atoms with van der Waals surface area (Å²) in [5.41, 5.74) is 4.94. The lowest BCUT2D eigenvalue weighted by Crippen LogP contribution is -2.01. The van der Waals surface area contributed by atoms with E-state index >= 15 is 0 Å². The molecule has 0 aliphatic heterocycles. The Kier molecular flexibility index (Phi) is 3.89. The van der Waals surface area contributed by atoms with Crippen molar-refractivity contribution in [2.75, 3.05) is 6.54 Å². The van der Waals surface area contributed by atoms with Crippen LogP contribution in [0.4, 0.5) is 8.78 Å². The lowest BCUT2D eigenvalue weighted by atomic mass is 10.3. The van der Waals surface area contributed by atoms with Crippen molar-refractivity contribution in [1.29, 1.82) is 0 Å². The van der Waals surface area contributed by atoms with Crippen LogP contribution in [-0.2, 0) is 0 Å².